The maximum absolute atomic E-state index is 5.73. The topological polar surface area (TPSA) is 3.88 Å². The second-order valence-corrected chi connectivity index (χ2v) is 3.21. The van der Waals surface area contributed by atoms with Gasteiger partial charge in [-0.3, -0.25) is 0 Å². The van der Waals surface area contributed by atoms with E-state index < -0.39 is 0 Å². The zero-order chi connectivity index (χ0) is 6.69. The van der Waals surface area contributed by atoms with Crippen LogP contribution in [0.1, 0.15) is 0 Å². The van der Waals surface area contributed by atoms with Gasteiger partial charge >= 0.3 is 0 Å². The summed E-state index contributed by atoms with van der Waals surface area (Å²) in [6.07, 6.45) is 0. The van der Waals surface area contributed by atoms with E-state index in [0.29, 0.717) is 5.88 Å². The Bertz CT molecular complexity index is 187. The molecule has 0 N–H and O–H groups in total. The quantitative estimate of drug-likeness (QED) is 0.487. The SMILES string of the molecule is ClCC[n+]1sccc1Cl. The summed E-state index contributed by atoms with van der Waals surface area (Å²) in [5.41, 5.74) is 0. The highest BCUT2D eigenvalue weighted by Gasteiger charge is 2.07. The number of aromatic nitrogens is 1. The molecular weight excluding hydrogens is 177 g/mol. The van der Waals surface area contributed by atoms with Crippen LogP contribution in [-0.4, -0.2) is 5.88 Å². The predicted octanol–water partition coefficient (Wildman–Crippen LogP) is 1.93. The van der Waals surface area contributed by atoms with Gasteiger partial charge < -0.3 is 0 Å². The highest BCUT2D eigenvalue weighted by Crippen LogP contribution is 2.03. The average Bonchev–Trinajstić information content (AvgIpc) is 2.18. The Labute approximate surface area is 68.0 Å². The fourth-order valence-corrected chi connectivity index (χ4v) is 1.84. The molecule has 1 aromatic heterocycles. The predicted molar refractivity (Wildman–Crippen MR) is 40.2 cm³/mol. The van der Waals surface area contributed by atoms with Gasteiger partial charge in [-0.2, -0.15) is 0 Å². The lowest BCUT2D eigenvalue weighted by Crippen LogP contribution is -2.29. The normalized spacial score (nSPS) is 10.0. The van der Waals surface area contributed by atoms with Crippen LogP contribution in [0.15, 0.2) is 11.4 Å². The van der Waals surface area contributed by atoms with Gasteiger partial charge in [0.05, 0.1) is 11.3 Å². The van der Waals surface area contributed by atoms with Gasteiger partial charge in [-0.25, -0.2) is 0 Å². The van der Waals surface area contributed by atoms with Crippen molar-refractivity contribution in [1.29, 1.82) is 0 Å². The van der Waals surface area contributed by atoms with Crippen molar-refractivity contribution < 1.29 is 3.96 Å². The minimum Gasteiger partial charge on any atom is -0.122 e. The van der Waals surface area contributed by atoms with Gasteiger partial charge in [-0.15, -0.1) is 15.6 Å². The third-order valence-electron chi connectivity index (χ3n) is 0.920. The van der Waals surface area contributed by atoms with Crippen molar-refractivity contribution >= 4 is 34.7 Å². The molecule has 1 rings (SSSR count). The van der Waals surface area contributed by atoms with Crippen LogP contribution in [0.5, 0.6) is 0 Å². The third kappa shape index (κ3) is 1.81. The Morgan fingerprint density at radius 2 is 2.44 bits per heavy atom. The number of hydrogen-bond acceptors (Lipinski definition) is 1. The molecule has 0 fully saturated rings. The highest BCUT2D eigenvalue weighted by atomic mass is 35.5. The van der Waals surface area contributed by atoms with E-state index in [4.69, 9.17) is 23.2 Å². The van der Waals surface area contributed by atoms with Crippen molar-refractivity contribution in [1.82, 2.24) is 0 Å². The second-order valence-electron chi connectivity index (χ2n) is 1.52. The summed E-state index contributed by atoms with van der Waals surface area (Å²) in [4.78, 5) is 0. The fourth-order valence-electron chi connectivity index (χ4n) is 0.530. The first-order valence-corrected chi connectivity index (χ1v) is 4.29. The first-order valence-electron chi connectivity index (χ1n) is 2.54. The van der Waals surface area contributed by atoms with E-state index >= 15 is 0 Å². The van der Waals surface area contributed by atoms with Crippen molar-refractivity contribution in [2.75, 3.05) is 5.88 Å². The average molecular weight is 183 g/mol. The minimum atomic E-state index is 0.616. The molecule has 0 saturated heterocycles. The lowest BCUT2D eigenvalue weighted by molar-refractivity contribution is -0.621. The van der Waals surface area contributed by atoms with Crippen LogP contribution in [-0.2, 0) is 6.54 Å². The van der Waals surface area contributed by atoms with Crippen molar-refractivity contribution in [3.63, 3.8) is 0 Å². The monoisotopic (exact) mass is 182 g/mol. The minimum absolute atomic E-state index is 0.616. The molecule has 0 aliphatic carbocycles. The number of aryl methyl sites for hydroxylation is 1. The molecule has 0 unspecified atom stereocenters. The molecule has 0 saturated carbocycles. The first kappa shape index (κ1) is 7.32. The molecule has 0 spiro atoms. The molecule has 9 heavy (non-hydrogen) atoms. The molecule has 1 aromatic rings. The van der Waals surface area contributed by atoms with E-state index in [1.807, 2.05) is 15.4 Å². The van der Waals surface area contributed by atoms with Crippen LogP contribution in [0.25, 0.3) is 0 Å². The lowest BCUT2D eigenvalue weighted by Gasteiger charge is -1.82. The second kappa shape index (κ2) is 3.40. The van der Waals surface area contributed by atoms with Crippen LogP contribution in [0, 0.1) is 0 Å². The van der Waals surface area contributed by atoms with Crippen LogP contribution >= 0.6 is 34.7 Å². The summed E-state index contributed by atoms with van der Waals surface area (Å²) in [5, 5.41) is 2.70. The largest absolute Gasteiger partial charge is 0.289 e. The van der Waals surface area contributed by atoms with Crippen molar-refractivity contribution in [2.24, 2.45) is 0 Å². The third-order valence-corrected chi connectivity index (χ3v) is 2.41. The van der Waals surface area contributed by atoms with Gasteiger partial charge in [0.15, 0.2) is 6.54 Å². The fraction of sp³-hybridized carbons (Fsp3) is 0.400. The summed E-state index contributed by atoms with van der Waals surface area (Å²) < 4.78 is 1.94. The van der Waals surface area contributed by atoms with E-state index in [0.717, 1.165) is 11.7 Å². The van der Waals surface area contributed by atoms with Crippen molar-refractivity contribution in [2.45, 2.75) is 6.54 Å². The van der Waals surface area contributed by atoms with Gasteiger partial charge in [0.2, 0.25) is 0 Å². The Hall–Kier alpha value is 0.210. The standard InChI is InChI=1S/C5H6Cl2NS/c6-2-3-8-5(7)1-4-9-8/h1,4H,2-3H2/q+1. The Kier molecular flexibility index (Phi) is 2.76. The molecule has 1 nitrogen and oxygen atoms in total. The Balaban J connectivity index is 2.69. The molecule has 0 aromatic carbocycles. The smallest absolute Gasteiger partial charge is 0.122 e. The molecule has 0 amide bonds. The number of hydrogen-bond donors (Lipinski definition) is 0. The molecule has 1 heterocycles. The van der Waals surface area contributed by atoms with Crippen LogP contribution < -0.4 is 3.96 Å². The number of rotatable bonds is 2. The number of nitrogens with zero attached hydrogens (tertiary/aromatic N) is 1. The number of halogens is 2. The van der Waals surface area contributed by atoms with Crippen LogP contribution in [0.2, 0.25) is 5.15 Å². The Morgan fingerprint density at radius 3 is 2.89 bits per heavy atom. The van der Waals surface area contributed by atoms with Crippen LogP contribution in [0.3, 0.4) is 0 Å². The molecule has 0 aliphatic heterocycles. The summed E-state index contributed by atoms with van der Waals surface area (Å²) in [6, 6.07) is 1.86. The Morgan fingerprint density at radius 1 is 1.67 bits per heavy atom. The van der Waals surface area contributed by atoms with Crippen molar-refractivity contribution in [3.8, 4) is 0 Å². The van der Waals surface area contributed by atoms with Crippen molar-refractivity contribution in [3.05, 3.63) is 16.6 Å². The summed E-state index contributed by atoms with van der Waals surface area (Å²) in [5.74, 6) is 0.616. The maximum Gasteiger partial charge on any atom is 0.289 e. The van der Waals surface area contributed by atoms with Gasteiger partial charge in [0.1, 0.15) is 11.5 Å². The van der Waals surface area contributed by atoms with Crippen LogP contribution in [0.4, 0.5) is 0 Å². The highest BCUT2D eigenvalue weighted by molar-refractivity contribution is 6.99. The maximum atomic E-state index is 5.73. The van der Waals surface area contributed by atoms with Gasteiger partial charge in [0, 0.05) is 6.07 Å². The van der Waals surface area contributed by atoms with E-state index in [9.17, 15) is 0 Å². The van der Waals surface area contributed by atoms with Gasteiger partial charge in [0.25, 0.3) is 5.15 Å². The van der Waals surface area contributed by atoms with Gasteiger partial charge in [-0.1, -0.05) is 0 Å². The van der Waals surface area contributed by atoms with E-state index in [2.05, 4.69) is 0 Å². The van der Waals surface area contributed by atoms with E-state index in [1.54, 1.807) is 11.5 Å². The molecule has 0 aliphatic rings. The molecular formula is C5H6Cl2NS+. The molecule has 0 atom stereocenters. The summed E-state index contributed by atoms with van der Waals surface area (Å²) >= 11 is 12.8. The van der Waals surface area contributed by atoms with E-state index in [1.165, 1.54) is 0 Å². The lowest BCUT2D eigenvalue weighted by atomic mass is 10.7. The summed E-state index contributed by atoms with van der Waals surface area (Å²) in [7, 11) is 0. The summed E-state index contributed by atoms with van der Waals surface area (Å²) in [6.45, 7) is 0.804. The first-order chi connectivity index (χ1) is 4.34. The zero-order valence-electron chi connectivity index (χ0n) is 4.68. The zero-order valence-corrected chi connectivity index (χ0v) is 7.01. The molecule has 4 heteroatoms. The van der Waals surface area contributed by atoms with Gasteiger partial charge in [-0.05, 0) is 11.6 Å². The molecule has 0 bridgehead atoms. The molecule has 50 valence electrons. The number of alkyl halides is 1. The molecule has 0 radical (unpaired) electrons. The van der Waals surface area contributed by atoms with E-state index in [-0.39, 0.29) is 0 Å².